The highest BCUT2D eigenvalue weighted by Crippen LogP contribution is 2.10. The number of hydrogen-bond acceptors (Lipinski definition) is 2. The van der Waals surface area contributed by atoms with Gasteiger partial charge in [0.05, 0.1) is 0 Å². The van der Waals surface area contributed by atoms with Gasteiger partial charge in [-0.15, -0.1) is 0 Å². The molecule has 1 fully saturated rings. The smallest absolute Gasteiger partial charge is 0.290 e. The first-order chi connectivity index (χ1) is 8.66. The second-order valence-corrected chi connectivity index (χ2v) is 4.94. The van der Waals surface area contributed by atoms with E-state index in [2.05, 4.69) is 0 Å². The molecule has 3 nitrogen and oxygen atoms in total. The molecular weight excluding hydrogens is 226 g/mol. The van der Waals surface area contributed by atoms with Gasteiger partial charge in [0, 0.05) is 19.5 Å². The van der Waals surface area contributed by atoms with Crippen LogP contribution in [0.4, 0.5) is 0 Å². The van der Waals surface area contributed by atoms with Gasteiger partial charge < -0.3 is 4.90 Å². The largest absolute Gasteiger partial charge is 0.336 e. The van der Waals surface area contributed by atoms with E-state index in [1.54, 1.807) is 4.90 Å². The maximum Gasteiger partial charge on any atom is 0.290 e. The van der Waals surface area contributed by atoms with E-state index in [0.717, 1.165) is 43.5 Å². The quantitative estimate of drug-likeness (QED) is 0.765. The van der Waals surface area contributed by atoms with Gasteiger partial charge in [-0.05, 0) is 31.7 Å². The van der Waals surface area contributed by atoms with Gasteiger partial charge in [-0.25, -0.2) is 0 Å². The number of carbonyl (C=O) groups excluding carboxylic acids is 2. The SMILES string of the molecule is Cc1ccc(CC(=O)C(=O)N2CCCCC2)cc1. The molecule has 0 aromatic heterocycles. The van der Waals surface area contributed by atoms with Crippen LogP contribution in [0.15, 0.2) is 24.3 Å². The minimum Gasteiger partial charge on any atom is -0.336 e. The van der Waals surface area contributed by atoms with Crippen molar-refractivity contribution in [2.45, 2.75) is 32.6 Å². The topological polar surface area (TPSA) is 37.4 Å². The highest BCUT2D eigenvalue weighted by molar-refractivity contribution is 6.36. The van der Waals surface area contributed by atoms with Crippen molar-refractivity contribution in [3.05, 3.63) is 35.4 Å². The van der Waals surface area contributed by atoms with Gasteiger partial charge in [0.1, 0.15) is 0 Å². The molecule has 2 rings (SSSR count). The van der Waals surface area contributed by atoms with Gasteiger partial charge in [0.2, 0.25) is 5.78 Å². The van der Waals surface area contributed by atoms with Gasteiger partial charge in [-0.3, -0.25) is 9.59 Å². The normalized spacial score (nSPS) is 15.5. The van der Waals surface area contributed by atoms with Crippen LogP contribution in [0.25, 0.3) is 0 Å². The Balaban J connectivity index is 1.94. The van der Waals surface area contributed by atoms with Gasteiger partial charge in [-0.1, -0.05) is 29.8 Å². The minimum atomic E-state index is -0.310. The number of Topliss-reactive ketones (excluding diaryl/α,β-unsaturated/α-hetero) is 1. The molecule has 1 aliphatic rings. The zero-order chi connectivity index (χ0) is 13.0. The van der Waals surface area contributed by atoms with Crippen molar-refractivity contribution in [2.75, 3.05) is 13.1 Å². The summed E-state index contributed by atoms with van der Waals surface area (Å²) in [6, 6.07) is 7.76. The van der Waals surface area contributed by atoms with Crippen LogP contribution in [-0.4, -0.2) is 29.7 Å². The summed E-state index contributed by atoms with van der Waals surface area (Å²) in [7, 11) is 0. The van der Waals surface area contributed by atoms with E-state index < -0.39 is 0 Å². The third kappa shape index (κ3) is 3.19. The number of rotatable bonds is 3. The number of piperidine rings is 1. The van der Waals surface area contributed by atoms with Crippen LogP contribution >= 0.6 is 0 Å². The number of likely N-dealkylation sites (tertiary alicyclic amines) is 1. The highest BCUT2D eigenvalue weighted by Gasteiger charge is 2.22. The number of benzene rings is 1. The van der Waals surface area contributed by atoms with E-state index in [1.807, 2.05) is 31.2 Å². The maximum absolute atomic E-state index is 11.9. The molecule has 1 aliphatic heterocycles. The Morgan fingerprint density at radius 2 is 1.67 bits per heavy atom. The lowest BCUT2D eigenvalue weighted by atomic mass is 10.1. The molecule has 1 aromatic rings. The Bertz CT molecular complexity index is 430. The Morgan fingerprint density at radius 1 is 1.06 bits per heavy atom. The first-order valence-electron chi connectivity index (χ1n) is 6.54. The number of ketones is 1. The van der Waals surface area contributed by atoms with E-state index in [0.29, 0.717) is 0 Å². The summed E-state index contributed by atoms with van der Waals surface area (Å²) in [5.74, 6) is -0.601. The molecule has 0 spiro atoms. The number of amides is 1. The summed E-state index contributed by atoms with van der Waals surface area (Å²) in [5, 5.41) is 0. The average molecular weight is 245 g/mol. The van der Waals surface area contributed by atoms with Gasteiger partial charge in [-0.2, -0.15) is 0 Å². The molecule has 1 amide bonds. The molecule has 3 heteroatoms. The van der Waals surface area contributed by atoms with Gasteiger partial charge in [0.15, 0.2) is 0 Å². The maximum atomic E-state index is 11.9. The molecule has 1 aromatic carbocycles. The van der Waals surface area contributed by atoms with Gasteiger partial charge >= 0.3 is 0 Å². The summed E-state index contributed by atoms with van der Waals surface area (Å²) in [6.45, 7) is 3.47. The first kappa shape index (κ1) is 12.8. The summed E-state index contributed by atoms with van der Waals surface area (Å²) in [6.07, 6.45) is 3.42. The molecule has 0 atom stereocenters. The molecule has 1 heterocycles. The van der Waals surface area contributed by atoms with Crippen molar-refractivity contribution in [1.82, 2.24) is 4.90 Å². The van der Waals surface area contributed by atoms with Crippen LogP contribution in [-0.2, 0) is 16.0 Å². The fourth-order valence-corrected chi connectivity index (χ4v) is 2.24. The van der Waals surface area contributed by atoms with E-state index in [-0.39, 0.29) is 18.1 Å². The van der Waals surface area contributed by atoms with E-state index in [1.165, 1.54) is 0 Å². The minimum absolute atomic E-state index is 0.218. The molecule has 0 saturated carbocycles. The number of hydrogen-bond donors (Lipinski definition) is 0. The molecule has 0 bridgehead atoms. The number of carbonyl (C=O) groups is 2. The third-order valence-electron chi connectivity index (χ3n) is 3.37. The predicted molar refractivity (Wildman–Crippen MR) is 70.3 cm³/mol. The molecule has 18 heavy (non-hydrogen) atoms. The van der Waals surface area contributed by atoms with Crippen LogP contribution in [0.2, 0.25) is 0 Å². The Kier molecular flexibility index (Phi) is 4.13. The Hall–Kier alpha value is -1.64. The summed E-state index contributed by atoms with van der Waals surface area (Å²) < 4.78 is 0. The van der Waals surface area contributed by atoms with E-state index in [4.69, 9.17) is 0 Å². The predicted octanol–water partition coefficient (Wildman–Crippen LogP) is 2.12. The molecular formula is C15H19NO2. The molecule has 1 saturated heterocycles. The standard InChI is InChI=1S/C15H19NO2/c1-12-5-7-13(8-6-12)11-14(17)15(18)16-9-3-2-4-10-16/h5-8H,2-4,9-11H2,1H3. The number of aryl methyl sites for hydroxylation is 1. The second-order valence-electron chi connectivity index (χ2n) is 4.94. The van der Waals surface area contributed by atoms with Gasteiger partial charge in [0.25, 0.3) is 5.91 Å². The zero-order valence-corrected chi connectivity index (χ0v) is 10.8. The van der Waals surface area contributed by atoms with Crippen LogP contribution in [0.3, 0.4) is 0 Å². The molecule has 96 valence electrons. The van der Waals surface area contributed by atoms with Crippen LogP contribution < -0.4 is 0 Å². The monoisotopic (exact) mass is 245 g/mol. The Labute approximate surface area is 108 Å². The van der Waals surface area contributed by atoms with Crippen molar-refractivity contribution in [3.8, 4) is 0 Å². The average Bonchev–Trinajstić information content (AvgIpc) is 2.41. The summed E-state index contributed by atoms with van der Waals surface area (Å²) in [5.41, 5.74) is 2.07. The van der Waals surface area contributed by atoms with E-state index in [9.17, 15) is 9.59 Å². The molecule has 0 radical (unpaired) electrons. The fraction of sp³-hybridized carbons (Fsp3) is 0.467. The second kappa shape index (κ2) is 5.80. The lowest BCUT2D eigenvalue weighted by Gasteiger charge is -2.25. The van der Waals surface area contributed by atoms with Crippen LogP contribution in [0.5, 0.6) is 0 Å². The first-order valence-corrected chi connectivity index (χ1v) is 6.54. The summed E-state index contributed by atoms with van der Waals surface area (Å²) >= 11 is 0. The van der Waals surface area contributed by atoms with Crippen molar-refractivity contribution in [2.24, 2.45) is 0 Å². The molecule has 0 N–H and O–H groups in total. The Morgan fingerprint density at radius 3 is 2.28 bits per heavy atom. The lowest BCUT2D eigenvalue weighted by molar-refractivity contribution is -0.144. The lowest BCUT2D eigenvalue weighted by Crippen LogP contribution is -2.40. The fourth-order valence-electron chi connectivity index (χ4n) is 2.24. The van der Waals surface area contributed by atoms with E-state index >= 15 is 0 Å². The summed E-state index contributed by atoms with van der Waals surface area (Å²) in [4.78, 5) is 25.5. The zero-order valence-electron chi connectivity index (χ0n) is 10.8. The van der Waals surface area contributed by atoms with Crippen molar-refractivity contribution in [3.63, 3.8) is 0 Å². The number of nitrogens with zero attached hydrogens (tertiary/aromatic N) is 1. The highest BCUT2D eigenvalue weighted by atomic mass is 16.2. The van der Waals surface area contributed by atoms with Crippen LogP contribution in [0.1, 0.15) is 30.4 Å². The van der Waals surface area contributed by atoms with Crippen LogP contribution in [0, 0.1) is 6.92 Å². The van der Waals surface area contributed by atoms with Crippen molar-refractivity contribution < 1.29 is 9.59 Å². The molecule has 0 unspecified atom stereocenters. The molecule has 0 aliphatic carbocycles. The van der Waals surface area contributed by atoms with Crippen molar-refractivity contribution >= 4 is 11.7 Å². The van der Waals surface area contributed by atoms with Crippen molar-refractivity contribution in [1.29, 1.82) is 0 Å². The third-order valence-corrected chi connectivity index (χ3v) is 3.37.